The van der Waals surface area contributed by atoms with Crippen LogP contribution in [0, 0.1) is 29.1 Å². The van der Waals surface area contributed by atoms with E-state index in [0.717, 1.165) is 5.56 Å². The van der Waals surface area contributed by atoms with Gasteiger partial charge in [0.1, 0.15) is 5.41 Å². The van der Waals surface area contributed by atoms with Crippen molar-refractivity contribution in [2.45, 2.75) is 71.3 Å². The van der Waals surface area contributed by atoms with Crippen molar-refractivity contribution in [3.63, 3.8) is 0 Å². The molecule has 1 saturated carbocycles. The predicted octanol–water partition coefficient (Wildman–Crippen LogP) is 3.92. The minimum Gasteiger partial charge on any atom is -0.450 e. The number of hydrogen-bond acceptors (Lipinski definition) is 6. The first-order valence-corrected chi connectivity index (χ1v) is 13.8. The summed E-state index contributed by atoms with van der Waals surface area (Å²) in [6.45, 7) is 9.16. The summed E-state index contributed by atoms with van der Waals surface area (Å²) in [4.78, 5) is 53.4. The van der Waals surface area contributed by atoms with E-state index in [0.29, 0.717) is 18.4 Å². The van der Waals surface area contributed by atoms with Gasteiger partial charge in [-0.05, 0) is 61.8 Å². The molecule has 4 aliphatic rings. The first kappa shape index (κ1) is 27.3. The fourth-order valence-electron chi connectivity index (χ4n) is 7.30. The van der Waals surface area contributed by atoms with Gasteiger partial charge in [-0.25, -0.2) is 0 Å². The highest BCUT2D eigenvalue weighted by atomic mass is 16.6. The van der Waals surface area contributed by atoms with Crippen molar-refractivity contribution in [1.82, 2.24) is 5.32 Å². The summed E-state index contributed by atoms with van der Waals surface area (Å²) in [5.74, 6) is -2.68. The molecule has 7 nitrogen and oxygen atoms in total. The Morgan fingerprint density at radius 1 is 1.13 bits per heavy atom. The van der Waals surface area contributed by atoms with Crippen molar-refractivity contribution >= 4 is 23.4 Å². The van der Waals surface area contributed by atoms with Crippen LogP contribution in [0.3, 0.4) is 0 Å². The summed E-state index contributed by atoms with van der Waals surface area (Å²) >= 11 is 0. The van der Waals surface area contributed by atoms with Gasteiger partial charge in [0.25, 0.3) is 0 Å². The Morgan fingerprint density at radius 2 is 1.85 bits per heavy atom. The first-order valence-electron chi connectivity index (χ1n) is 13.8. The molecule has 2 aliphatic heterocycles. The van der Waals surface area contributed by atoms with Gasteiger partial charge in [0.2, 0.25) is 11.7 Å². The second kappa shape index (κ2) is 10.0. The molecule has 2 saturated heterocycles. The van der Waals surface area contributed by atoms with Gasteiger partial charge in [0.15, 0.2) is 11.9 Å². The second-order valence-corrected chi connectivity index (χ2v) is 11.8. The molecule has 1 N–H and O–H groups in total. The third-order valence-electron chi connectivity index (χ3n) is 9.29. The zero-order valence-corrected chi connectivity index (χ0v) is 23.2. The molecule has 5 rings (SSSR count). The van der Waals surface area contributed by atoms with Crippen molar-refractivity contribution in [2.75, 3.05) is 0 Å². The maximum Gasteiger partial charge on any atom is 0.303 e. The maximum absolute atomic E-state index is 14.3. The Bertz CT molecular complexity index is 1280. The molecule has 1 unspecified atom stereocenters. The van der Waals surface area contributed by atoms with Crippen LogP contribution in [0.4, 0.5) is 0 Å². The number of amides is 1. The molecule has 2 heterocycles. The van der Waals surface area contributed by atoms with Crippen molar-refractivity contribution in [3.05, 3.63) is 71.8 Å². The third kappa shape index (κ3) is 4.50. The Hall–Kier alpha value is -3.32. The van der Waals surface area contributed by atoms with Crippen molar-refractivity contribution in [3.8, 4) is 0 Å². The molecular formula is C32H37NO6. The maximum atomic E-state index is 14.3. The van der Waals surface area contributed by atoms with E-state index < -0.39 is 40.6 Å². The Labute approximate surface area is 229 Å². The number of rotatable bonds is 3. The van der Waals surface area contributed by atoms with E-state index in [1.54, 1.807) is 6.92 Å². The molecule has 39 heavy (non-hydrogen) atoms. The quantitative estimate of drug-likeness (QED) is 0.275. The molecule has 1 spiro atoms. The Kier molecular flexibility index (Phi) is 7.00. The number of ketones is 2. The Morgan fingerprint density at radius 3 is 2.54 bits per heavy atom. The van der Waals surface area contributed by atoms with Crippen LogP contribution in [0.25, 0.3) is 0 Å². The number of nitrogens with one attached hydrogen (secondary N) is 1. The van der Waals surface area contributed by atoms with Crippen LogP contribution >= 0.6 is 0 Å². The lowest BCUT2D eigenvalue weighted by Crippen LogP contribution is -2.58. The van der Waals surface area contributed by atoms with Crippen molar-refractivity contribution in [2.24, 2.45) is 29.1 Å². The number of hydrogen-bond donors (Lipinski definition) is 1. The van der Waals surface area contributed by atoms with Crippen LogP contribution in [0.1, 0.15) is 46.6 Å². The van der Waals surface area contributed by atoms with Crippen LogP contribution in [0.2, 0.25) is 0 Å². The molecular weight excluding hydrogens is 494 g/mol. The van der Waals surface area contributed by atoms with Crippen molar-refractivity contribution < 1.29 is 28.7 Å². The summed E-state index contributed by atoms with van der Waals surface area (Å²) in [5, 5.41) is 3.19. The number of allylic oxidation sites excluding steroid dienone is 3. The van der Waals surface area contributed by atoms with E-state index in [1.165, 1.54) is 19.1 Å². The second-order valence-electron chi connectivity index (χ2n) is 11.8. The molecule has 206 valence electrons. The lowest BCUT2D eigenvalue weighted by Gasteiger charge is -2.45. The van der Waals surface area contributed by atoms with E-state index in [-0.39, 0.29) is 35.8 Å². The van der Waals surface area contributed by atoms with E-state index in [4.69, 9.17) is 9.47 Å². The van der Waals surface area contributed by atoms with E-state index >= 15 is 0 Å². The van der Waals surface area contributed by atoms with Gasteiger partial charge in [-0.15, -0.1) is 0 Å². The summed E-state index contributed by atoms with van der Waals surface area (Å²) in [5.41, 5.74) is -0.177. The van der Waals surface area contributed by atoms with Gasteiger partial charge in [0, 0.05) is 24.8 Å². The van der Waals surface area contributed by atoms with Crippen LogP contribution in [0.5, 0.6) is 0 Å². The molecule has 0 bridgehead atoms. The number of carbonyl (C=O) groups excluding carboxylic acids is 4. The monoisotopic (exact) mass is 531 g/mol. The fourth-order valence-corrected chi connectivity index (χ4v) is 7.30. The molecule has 7 heteroatoms. The lowest BCUT2D eigenvalue weighted by molar-refractivity contribution is -0.149. The highest BCUT2D eigenvalue weighted by Crippen LogP contribution is 2.66. The van der Waals surface area contributed by atoms with Gasteiger partial charge in [-0.2, -0.15) is 0 Å². The highest BCUT2D eigenvalue weighted by molar-refractivity contribution is 6.15. The first-order chi connectivity index (χ1) is 18.5. The molecule has 1 amide bonds. The molecule has 0 aromatic heterocycles. The van der Waals surface area contributed by atoms with Gasteiger partial charge < -0.3 is 14.8 Å². The van der Waals surface area contributed by atoms with Gasteiger partial charge in [0.05, 0.1) is 11.7 Å². The largest absolute Gasteiger partial charge is 0.450 e. The summed E-state index contributed by atoms with van der Waals surface area (Å²) < 4.78 is 11.7. The molecule has 0 radical (unpaired) electrons. The van der Waals surface area contributed by atoms with Crippen molar-refractivity contribution in [1.29, 1.82) is 0 Å². The lowest BCUT2D eigenvalue weighted by atomic mass is 9.51. The average molecular weight is 532 g/mol. The molecule has 9 atom stereocenters. The minimum absolute atomic E-state index is 0.0385. The minimum atomic E-state index is -1.41. The van der Waals surface area contributed by atoms with Crippen LogP contribution in [0.15, 0.2) is 66.3 Å². The standard InChI is InChI=1S/C32H37NO6/c1-18-10-9-13-23-29-31(5,39-29)20(3)27-24(17-22-11-7-6-8-12-22)33-30(37)32(23,27)26(36)15-14-25(35)28(19(2)16-18)38-21(4)34/h6-9,11-16,18,20,23-24,27-29H,10,17H2,1-5H3,(H,33,37)/b13-9+,15-14+,19-16?/t18?,20-,23-,24-,27-,28+,29-,31+,32+/m0/s1. The fraction of sp³-hybridized carbons (Fsp3) is 0.500. The molecule has 1 aromatic rings. The average Bonchev–Trinajstić information content (AvgIpc) is 3.50. The van der Waals surface area contributed by atoms with E-state index in [1.807, 2.05) is 55.5 Å². The topological polar surface area (TPSA) is 102 Å². The highest BCUT2D eigenvalue weighted by Gasteiger charge is 2.78. The number of fused-ring (bicyclic) bond motifs is 2. The van der Waals surface area contributed by atoms with Crippen LogP contribution in [-0.4, -0.2) is 47.3 Å². The van der Waals surface area contributed by atoms with Gasteiger partial charge >= 0.3 is 5.97 Å². The summed E-state index contributed by atoms with van der Waals surface area (Å²) in [7, 11) is 0. The number of benzene rings is 1. The molecule has 3 fully saturated rings. The molecule has 2 aliphatic carbocycles. The number of carbonyl (C=O) groups is 4. The number of epoxide rings is 1. The smallest absolute Gasteiger partial charge is 0.303 e. The predicted molar refractivity (Wildman–Crippen MR) is 145 cm³/mol. The summed E-state index contributed by atoms with van der Waals surface area (Å²) in [6.07, 6.45) is 8.15. The Balaban J connectivity index is 1.61. The summed E-state index contributed by atoms with van der Waals surface area (Å²) in [6, 6.07) is 9.66. The zero-order valence-electron chi connectivity index (χ0n) is 23.2. The van der Waals surface area contributed by atoms with E-state index in [2.05, 4.69) is 19.2 Å². The number of esters is 1. The van der Waals surface area contributed by atoms with Crippen LogP contribution in [-0.2, 0) is 35.1 Å². The zero-order chi connectivity index (χ0) is 28.1. The molecule has 1 aromatic carbocycles. The number of ether oxygens (including phenoxy) is 2. The SMILES string of the molecule is CC(=O)O[C@H]1C(=O)/C=C/C(=O)[C@@]23C(=O)N[C@@H](Cc4ccccc4)[C@@H]2[C@H](C)[C@@]2(C)O[C@H]2[C@@H]3/C=C/CC(C)C=C1C. The van der Waals surface area contributed by atoms with Crippen LogP contribution < -0.4 is 5.32 Å². The van der Waals surface area contributed by atoms with E-state index in [9.17, 15) is 19.2 Å². The third-order valence-corrected chi connectivity index (χ3v) is 9.29. The van der Waals surface area contributed by atoms with Gasteiger partial charge in [-0.3, -0.25) is 19.2 Å². The van der Waals surface area contributed by atoms with Gasteiger partial charge in [-0.1, -0.05) is 62.4 Å². The normalized spacial score (nSPS) is 41.3.